The molecule has 2 N–H and O–H groups in total. The molecule has 0 saturated heterocycles. The maximum absolute atomic E-state index is 13.5. The second-order valence-electron chi connectivity index (χ2n) is 12.4. The van der Waals surface area contributed by atoms with Crippen LogP contribution in [0.3, 0.4) is 0 Å². The number of halogens is 4. The van der Waals surface area contributed by atoms with Gasteiger partial charge in [0.05, 0.1) is 7.11 Å². The summed E-state index contributed by atoms with van der Waals surface area (Å²) in [6.07, 6.45) is 8.15. The topological polar surface area (TPSA) is 131 Å². The lowest BCUT2D eigenvalue weighted by atomic mass is 10.0. The van der Waals surface area contributed by atoms with Gasteiger partial charge in [0, 0.05) is 78.7 Å². The lowest BCUT2D eigenvalue weighted by Gasteiger charge is -2.05. The monoisotopic (exact) mass is 790 g/mol. The Hall–Kier alpha value is -6.13. The van der Waals surface area contributed by atoms with Crippen molar-refractivity contribution in [2.45, 2.75) is 33.2 Å². The van der Waals surface area contributed by atoms with Crippen molar-refractivity contribution in [3.8, 4) is 5.88 Å². The van der Waals surface area contributed by atoms with Gasteiger partial charge in [-0.15, -0.1) is 22.7 Å². The molecule has 0 fully saturated rings. The zero-order valence-corrected chi connectivity index (χ0v) is 30.9. The zero-order valence-electron chi connectivity index (χ0n) is 29.3. The number of ether oxygens (including phenoxy) is 1. The van der Waals surface area contributed by atoms with Crippen LogP contribution >= 0.6 is 22.7 Å². The first-order valence-corrected chi connectivity index (χ1v) is 18.0. The summed E-state index contributed by atoms with van der Waals surface area (Å²) in [5.74, 6) is -4.68. The van der Waals surface area contributed by atoms with E-state index >= 15 is 0 Å². The Bertz CT molecular complexity index is 2740. The number of thiazole rings is 2. The molecule has 0 radical (unpaired) electrons. The fraction of sp³-hybridized carbons (Fsp3) is 0.154. The van der Waals surface area contributed by atoms with Crippen LogP contribution in [0.15, 0.2) is 89.1 Å². The molecule has 0 aliphatic rings. The molecule has 282 valence electrons. The first-order valence-electron chi connectivity index (χ1n) is 16.4. The minimum atomic E-state index is -1.06. The second kappa shape index (κ2) is 16.1. The molecule has 0 atom stereocenters. The van der Waals surface area contributed by atoms with Gasteiger partial charge in [-0.05, 0) is 60.9 Å². The summed E-state index contributed by atoms with van der Waals surface area (Å²) in [6.45, 7) is 3.60. The van der Waals surface area contributed by atoms with E-state index in [-0.39, 0.29) is 34.5 Å². The van der Waals surface area contributed by atoms with E-state index in [1.54, 1.807) is 53.4 Å². The molecular formula is C39H30F4N4O6S2. The number of nitrogens with one attached hydrogen (secondary N) is 1. The molecule has 10 nitrogen and oxygen atoms in total. The van der Waals surface area contributed by atoms with Crippen LogP contribution in [0.1, 0.15) is 58.3 Å². The lowest BCUT2D eigenvalue weighted by molar-refractivity contribution is 0.0701. The first-order chi connectivity index (χ1) is 26.2. The van der Waals surface area contributed by atoms with Crippen molar-refractivity contribution in [3.05, 3.63) is 172 Å². The Morgan fingerprint density at radius 2 is 1.24 bits per heavy atom. The minimum absolute atomic E-state index is 0.123. The third kappa shape index (κ3) is 8.50. The minimum Gasteiger partial charge on any atom is -0.481 e. The Balaban J connectivity index is 0.000000197. The molecule has 0 unspecified atom stereocenters. The number of hydrogen-bond donors (Lipinski definition) is 2. The van der Waals surface area contributed by atoms with Gasteiger partial charge in [-0.1, -0.05) is 12.1 Å². The van der Waals surface area contributed by atoms with Gasteiger partial charge < -0.3 is 24.0 Å². The summed E-state index contributed by atoms with van der Waals surface area (Å²) in [5.41, 5.74) is 3.12. The zero-order chi connectivity index (χ0) is 39.6. The molecule has 7 aromatic rings. The maximum Gasteiger partial charge on any atom is 0.347 e. The van der Waals surface area contributed by atoms with Crippen molar-refractivity contribution < 1.29 is 37.0 Å². The van der Waals surface area contributed by atoms with Crippen molar-refractivity contribution in [1.82, 2.24) is 19.1 Å². The molecular weight excluding hydrogens is 761 g/mol. The normalized spacial score (nSPS) is 11.0. The highest BCUT2D eigenvalue weighted by Crippen LogP contribution is 2.23. The van der Waals surface area contributed by atoms with Gasteiger partial charge in [0.15, 0.2) is 34.1 Å². The van der Waals surface area contributed by atoms with E-state index < -0.39 is 29.2 Å². The van der Waals surface area contributed by atoms with Crippen LogP contribution in [0, 0.1) is 37.1 Å². The molecule has 0 spiro atoms. The lowest BCUT2D eigenvalue weighted by Crippen LogP contribution is -2.21. The number of carbonyl (C=O) groups is 2. The number of benzene rings is 2. The largest absolute Gasteiger partial charge is 0.481 e. The van der Waals surface area contributed by atoms with Gasteiger partial charge in [-0.25, -0.2) is 27.3 Å². The molecule has 0 aliphatic heterocycles. The van der Waals surface area contributed by atoms with Crippen LogP contribution in [0.2, 0.25) is 0 Å². The molecule has 7 rings (SSSR count). The highest BCUT2D eigenvalue weighted by atomic mass is 32.1. The van der Waals surface area contributed by atoms with E-state index in [9.17, 15) is 36.7 Å². The highest BCUT2D eigenvalue weighted by Gasteiger charge is 2.17. The summed E-state index contributed by atoms with van der Waals surface area (Å²) in [7, 11) is 1.52. The summed E-state index contributed by atoms with van der Waals surface area (Å²) in [5, 5.41) is 11.9. The molecule has 5 heterocycles. The Kier molecular flexibility index (Phi) is 11.3. The van der Waals surface area contributed by atoms with E-state index in [4.69, 9.17) is 9.84 Å². The summed E-state index contributed by atoms with van der Waals surface area (Å²) >= 11 is 2.23. The number of hydrogen-bond acceptors (Lipinski definition) is 8. The number of aryl methyl sites for hydroxylation is 2. The quantitative estimate of drug-likeness (QED) is 0.149. The van der Waals surface area contributed by atoms with Crippen molar-refractivity contribution in [3.63, 3.8) is 0 Å². The number of fused-ring (bicyclic) bond motifs is 2. The van der Waals surface area contributed by atoms with E-state index in [2.05, 4.69) is 10.3 Å². The smallest absolute Gasteiger partial charge is 0.347 e. The number of nitrogens with zero attached hydrogens (tertiary/aromatic N) is 3. The van der Waals surface area contributed by atoms with Gasteiger partial charge in [-0.3, -0.25) is 14.4 Å². The van der Waals surface area contributed by atoms with Crippen molar-refractivity contribution in [1.29, 1.82) is 0 Å². The number of carboxylic acid groups (broad SMARTS) is 1. The SMILES string of the molecule is COc1cc(CNC(=O)c2cn3cc(Cc4ccc(F)c(F)c4)c(=O)c(C)c3s2)ccn1.Cc1c(=O)c(Cc2ccc(F)c(F)c2)cn2cc(C(=O)O)sc12. The summed E-state index contributed by atoms with van der Waals surface area (Å²) in [4.78, 5) is 54.7. The Morgan fingerprint density at radius 3 is 1.73 bits per heavy atom. The molecule has 0 saturated carbocycles. The fourth-order valence-corrected chi connectivity index (χ4v) is 7.65. The van der Waals surface area contributed by atoms with Gasteiger partial charge in [0.2, 0.25) is 5.88 Å². The average molecular weight is 791 g/mol. The third-order valence-corrected chi connectivity index (χ3v) is 11.0. The molecule has 0 aliphatic carbocycles. The maximum atomic E-state index is 13.5. The number of aromatic nitrogens is 3. The van der Waals surface area contributed by atoms with Crippen LogP contribution in [-0.2, 0) is 19.4 Å². The van der Waals surface area contributed by atoms with Gasteiger partial charge in [0.25, 0.3) is 5.91 Å². The standard InChI is InChI=1S/C23H19F2N3O3S.C16H11F2NO3S/c1-13-21(29)16(7-14-3-4-17(24)18(25)8-14)11-28-12-19(32-23(13)28)22(30)27-10-15-5-6-26-20(9-15)31-2;1-8-14(20)10(4-9-2-3-11(17)12(18)5-9)6-19-7-13(16(21)22)23-15(8)19/h3-6,8-9,11-12H,7,10H2,1-2H3,(H,27,30);2-3,5-7H,4H2,1H3,(H,21,22). The van der Waals surface area contributed by atoms with Gasteiger partial charge in [-0.2, -0.15) is 0 Å². The van der Waals surface area contributed by atoms with Crippen molar-refractivity contribution in [2.24, 2.45) is 0 Å². The van der Waals surface area contributed by atoms with Crippen LogP contribution in [0.25, 0.3) is 9.66 Å². The van der Waals surface area contributed by atoms with Crippen LogP contribution in [0.4, 0.5) is 17.6 Å². The summed E-state index contributed by atoms with van der Waals surface area (Å²) in [6, 6.07) is 10.6. The van der Waals surface area contributed by atoms with Gasteiger partial charge >= 0.3 is 5.97 Å². The predicted molar refractivity (Wildman–Crippen MR) is 200 cm³/mol. The van der Waals surface area contributed by atoms with Crippen LogP contribution in [0.5, 0.6) is 5.88 Å². The molecule has 0 bridgehead atoms. The van der Waals surface area contributed by atoms with Crippen LogP contribution in [-0.4, -0.2) is 37.9 Å². The number of methoxy groups -OCH3 is 1. The fourth-order valence-electron chi connectivity index (χ4n) is 5.73. The predicted octanol–water partition coefficient (Wildman–Crippen LogP) is 7.11. The number of carboxylic acids is 1. The van der Waals surface area contributed by atoms with Crippen molar-refractivity contribution >= 4 is 44.2 Å². The summed E-state index contributed by atoms with van der Waals surface area (Å²) < 4.78 is 61.4. The highest BCUT2D eigenvalue weighted by molar-refractivity contribution is 7.19. The number of rotatable bonds is 9. The first kappa shape index (κ1) is 38.6. The molecule has 2 aromatic carbocycles. The van der Waals surface area contributed by atoms with Crippen molar-refractivity contribution in [2.75, 3.05) is 7.11 Å². The van der Waals surface area contributed by atoms with E-state index in [1.165, 1.54) is 43.0 Å². The van der Waals surface area contributed by atoms with E-state index in [0.29, 0.717) is 60.3 Å². The van der Waals surface area contributed by atoms with Gasteiger partial charge in [0.1, 0.15) is 19.4 Å². The van der Waals surface area contributed by atoms with Crippen LogP contribution < -0.4 is 20.9 Å². The number of carbonyl (C=O) groups excluding carboxylic acids is 1. The number of aromatic carboxylic acids is 1. The van der Waals surface area contributed by atoms with E-state index in [1.807, 2.05) is 0 Å². The molecule has 1 amide bonds. The molecule has 16 heteroatoms. The average Bonchev–Trinajstić information content (AvgIpc) is 3.80. The van der Waals surface area contributed by atoms with E-state index in [0.717, 1.165) is 41.2 Å². The number of pyridine rings is 3. The molecule has 55 heavy (non-hydrogen) atoms. The number of amides is 1. The Labute approximate surface area is 317 Å². The third-order valence-electron chi connectivity index (χ3n) is 8.54. The molecule has 5 aromatic heterocycles. The second-order valence-corrected chi connectivity index (χ2v) is 14.4. The Morgan fingerprint density at radius 1 is 0.727 bits per heavy atom.